The number of aliphatic hydroxyl groups is 10. The molecule has 0 aromatic rings. The van der Waals surface area contributed by atoms with Crippen LogP contribution in [0.1, 0.15) is 79.1 Å². The summed E-state index contributed by atoms with van der Waals surface area (Å²) in [6.07, 6.45) is 3.46. The van der Waals surface area contributed by atoms with E-state index >= 15 is 0 Å². The van der Waals surface area contributed by atoms with Crippen LogP contribution in [0.5, 0.6) is 0 Å². The van der Waals surface area contributed by atoms with Crippen LogP contribution in [0, 0.1) is 17.8 Å². The molecule has 3 rings (SSSR count). The first-order valence-electron chi connectivity index (χ1n) is 22.3. The number of carboxylic acid groups (broad SMARTS) is 1. The maximum Gasteiger partial charge on any atom is 3.00 e. The van der Waals surface area contributed by atoms with Crippen LogP contribution >= 0.6 is 0 Å². The molecule has 0 saturated carbocycles. The van der Waals surface area contributed by atoms with Crippen molar-refractivity contribution in [1.82, 2.24) is 0 Å². The number of aliphatic carboxylic acids is 1. The van der Waals surface area contributed by atoms with E-state index in [4.69, 9.17) is 24.7 Å². The van der Waals surface area contributed by atoms with Crippen molar-refractivity contribution in [1.29, 1.82) is 0 Å². The molecule has 19 heteroatoms. The summed E-state index contributed by atoms with van der Waals surface area (Å²) in [7, 11) is 0. The Bertz CT molecular complexity index is 1670. The number of cyclic esters (lactones) is 1. The zero-order valence-electron chi connectivity index (χ0n) is 38.2. The molecule has 13 N–H and O–H groups in total. The Morgan fingerprint density at radius 2 is 1.23 bits per heavy atom. The number of carbonyl (C=O) groups is 2. The van der Waals surface area contributed by atoms with Crippen molar-refractivity contribution in [3.63, 3.8) is 0 Å². The van der Waals surface area contributed by atoms with Gasteiger partial charge in [0.25, 0.3) is 0 Å². The van der Waals surface area contributed by atoms with Gasteiger partial charge in [-0.25, -0.2) is 0 Å². The van der Waals surface area contributed by atoms with Crippen LogP contribution in [0.25, 0.3) is 0 Å². The van der Waals surface area contributed by atoms with E-state index in [1.807, 2.05) is 19.1 Å². The molecule has 15 unspecified atom stereocenters. The summed E-state index contributed by atoms with van der Waals surface area (Å²) in [6, 6.07) is -1.15. The standard InChI is InChI=1S/C47H73NO17.Al/c1-27-17-15-13-11-9-7-5-6-8-10-12-14-16-18-34(64-46-44(58)41(48)43(57)30(4)63-46)24-38-40(45(59)60)37(54)26-47(61,65-38)25-33(51)22-36(53)35(52)20-19-31(49)21-32(50)23-39(55)62-29(3)28(2)42(27)56;/h5-18,27-38,40-44,46,49-54,56-58,61H,19-26,48H2,1-4H3,(H,59,60);/q;+3/b6-5+,9-7+,10-8+,13-11+,14-12+,17-15+,18-16+;/t27?,28?,29?,30-,31?,32?,33?,34?,35?,36?,37?,38?,40?,41+,42?,43+,44+,46?,47?;/m0./s1. The van der Waals surface area contributed by atoms with Crippen LogP contribution in [0.15, 0.2) is 85.1 Å². The maximum atomic E-state index is 12.6. The number of carboxylic acids is 1. The number of nitrogens with two attached hydrogens (primary N) is 1. The normalized spacial score (nSPS) is 44.8. The number of fused-ring (bicyclic) bond motifs is 2. The number of carbonyl (C=O) groups excluding carboxylic acids is 1. The fourth-order valence-electron chi connectivity index (χ4n) is 7.97. The number of hydrogen-bond donors (Lipinski definition) is 12. The van der Waals surface area contributed by atoms with Gasteiger partial charge in [0.15, 0.2) is 12.1 Å². The number of ether oxygens (including phenoxy) is 4. The molecule has 2 saturated heterocycles. The van der Waals surface area contributed by atoms with Crippen LogP contribution in [0.2, 0.25) is 0 Å². The van der Waals surface area contributed by atoms with Gasteiger partial charge in [-0.05, 0) is 33.1 Å². The van der Waals surface area contributed by atoms with Crippen molar-refractivity contribution < 1.29 is 84.7 Å². The maximum absolute atomic E-state index is 12.6. The van der Waals surface area contributed by atoms with E-state index < -0.39 is 147 Å². The second-order valence-corrected chi connectivity index (χ2v) is 17.6. The minimum absolute atomic E-state index is 0. The van der Waals surface area contributed by atoms with Gasteiger partial charge in [0.1, 0.15) is 18.1 Å². The largest absolute Gasteiger partial charge is 3.00 e. The van der Waals surface area contributed by atoms with Crippen LogP contribution < -0.4 is 5.73 Å². The predicted octanol–water partition coefficient (Wildman–Crippen LogP) is 0.331. The van der Waals surface area contributed by atoms with E-state index in [1.54, 1.807) is 80.7 Å². The molecule has 3 aliphatic heterocycles. The average molecular weight is 951 g/mol. The van der Waals surface area contributed by atoms with E-state index in [0.29, 0.717) is 0 Å². The summed E-state index contributed by atoms with van der Waals surface area (Å²) in [6.45, 7) is 6.74. The van der Waals surface area contributed by atoms with Crippen LogP contribution in [-0.2, 0) is 28.5 Å². The monoisotopic (exact) mass is 950 g/mol. The van der Waals surface area contributed by atoms with E-state index in [2.05, 4.69) is 0 Å². The van der Waals surface area contributed by atoms with Crippen LogP contribution in [0.3, 0.4) is 0 Å². The van der Waals surface area contributed by atoms with Gasteiger partial charge >= 0.3 is 29.3 Å². The van der Waals surface area contributed by atoms with Crippen molar-refractivity contribution in [2.45, 2.75) is 177 Å². The summed E-state index contributed by atoms with van der Waals surface area (Å²) in [4.78, 5) is 25.1. The number of hydrogen-bond acceptors (Lipinski definition) is 17. The van der Waals surface area contributed by atoms with Gasteiger partial charge in [0, 0.05) is 37.5 Å². The smallest absolute Gasteiger partial charge is 0.481 e. The van der Waals surface area contributed by atoms with Gasteiger partial charge in [0.05, 0.1) is 79.6 Å². The Hall–Kier alpha value is -2.91. The Morgan fingerprint density at radius 3 is 1.80 bits per heavy atom. The molecule has 66 heavy (non-hydrogen) atoms. The Morgan fingerprint density at radius 1 is 0.667 bits per heavy atom. The third-order valence-electron chi connectivity index (χ3n) is 12.0. The van der Waals surface area contributed by atoms with Crippen molar-refractivity contribution >= 4 is 29.3 Å². The molecule has 0 aromatic carbocycles. The van der Waals surface area contributed by atoms with E-state index in [9.17, 15) is 65.8 Å². The van der Waals surface area contributed by atoms with Gasteiger partial charge in [-0.1, -0.05) is 98.9 Å². The molecule has 3 heterocycles. The number of allylic oxidation sites excluding steroid dienone is 12. The first kappa shape index (κ1) is 59.2. The third-order valence-corrected chi connectivity index (χ3v) is 12.0. The first-order chi connectivity index (χ1) is 30.6. The summed E-state index contributed by atoms with van der Waals surface area (Å²) in [5.41, 5.74) is 6.02. The molecule has 0 spiro atoms. The van der Waals surface area contributed by atoms with Crippen molar-refractivity contribution in [3.05, 3.63) is 85.1 Å². The molecule has 19 atom stereocenters. The van der Waals surface area contributed by atoms with Gasteiger partial charge < -0.3 is 80.9 Å². The molecule has 2 bridgehead atoms. The minimum atomic E-state index is -2.33. The number of esters is 1. The fourth-order valence-corrected chi connectivity index (χ4v) is 7.97. The Balaban J connectivity index is 0.0000150. The SMILES string of the molecule is CC1/C=C/C=C/C=C/C=C/C=C/C=C/C=C/C(OC2O[C@@H](C)[C@@H](O)[C@@H](N)[C@H]2O)CC2OC(O)(CC(O)CC(O)C(O)CCC(O)CC(O)CC(=O)OC(C)C(C)C1O)CC(O)C2C(=O)O.[Al+3]. The molecule has 3 aliphatic rings. The zero-order chi connectivity index (χ0) is 48.4. The molecule has 0 amide bonds. The summed E-state index contributed by atoms with van der Waals surface area (Å²) < 4.78 is 23.1. The van der Waals surface area contributed by atoms with Crippen LogP contribution in [-0.4, -0.2) is 183 Å². The summed E-state index contributed by atoms with van der Waals surface area (Å²) in [5.74, 6) is -6.83. The summed E-state index contributed by atoms with van der Waals surface area (Å²) in [5, 5.41) is 118. The van der Waals surface area contributed by atoms with Gasteiger partial charge in [-0.15, -0.1) is 0 Å². The number of rotatable bonds is 3. The second-order valence-electron chi connectivity index (χ2n) is 17.6. The predicted molar refractivity (Wildman–Crippen MR) is 243 cm³/mol. The average Bonchev–Trinajstić information content (AvgIpc) is 3.21. The topological polar surface area (TPSA) is 320 Å². The van der Waals surface area contributed by atoms with Gasteiger partial charge in [0.2, 0.25) is 0 Å². The first-order valence-corrected chi connectivity index (χ1v) is 22.3. The van der Waals surface area contributed by atoms with Gasteiger partial charge in [-0.2, -0.15) is 0 Å². The Labute approximate surface area is 397 Å². The van der Waals surface area contributed by atoms with E-state index in [-0.39, 0.29) is 49.0 Å². The molecular weight excluding hydrogens is 877 g/mol. The van der Waals surface area contributed by atoms with Crippen LogP contribution in [0.4, 0.5) is 0 Å². The van der Waals surface area contributed by atoms with Crippen molar-refractivity contribution in [3.8, 4) is 0 Å². The van der Waals surface area contributed by atoms with Crippen molar-refractivity contribution in [2.24, 2.45) is 23.5 Å². The molecular formula is C47H73AlNO17+3. The van der Waals surface area contributed by atoms with Crippen molar-refractivity contribution in [2.75, 3.05) is 0 Å². The van der Waals surface area contributed by atoms with E-state index in [1.165, 1.54) is 13.0 Å². The molecule has 368 valence electrons. The molecule has 2 fully saturated rings. The van der Waals surface area contributed by atoms with Gasteiger partial charge in [-0.3, -0.25) is 9.59 Å². The molecule has 0 aliphatic carbocycles. The molecule has 0 radical (unpaired) electrons. The molecule has 0 aromatic heterocycles. The minimum Gasteiger partial charge on any atom is -0.481 e. The fraction of sp³-hybridized carbons (Fsp3) is 0.660. The molecule has 18 nitrogen and oxygen atoms in total. The Kier molecular flexibility index (Phi) is 26.2. The quantitative estimate of drug-likeness (QED) is 0.134. The second kappa shape index (κ2) is 29.2. The zero-order valence-corrected chi connectivity index (χ0v) is 39.3. The number of aliphatic hydroxyl groups excluding tert-OH is 9. The third kappa shape index (κ3) is 19.6. The van der Waals surface area contributed by atoms with E-state index in [0.717, 1.165) is 0 Å². The summed E-state index contributed by atoms with van der Waals surface area (Å²) >= 11 is 0.